The second kappa shape index (κ2) is 9.14. The van der Waals surface area contributed by atoms with Gasteiger partial charge in [-0.1, -0.05) is 25.7 Å². The molecule has 0 radical (unpaired) electrons. The molecule has 0 unspecified atom stereocenters. The van der Waals surface area contributed by atoms with Crippen molar-refractivity contribution in [2.75, 3.05) is 26.2 Å². The first-order valence-electron chi connectivity index (χ1n) is 10.4. The molecule has 2 aliphatic rings. The molecule has 1 saturated carbocycles. The maximum absolute atomic E-state index is 13.1. The van der Waals surface area contributed by atoms with Crippen molar-refractivity contribution in [1.82, 2.24) is 14.8 Å². The highest BCUT2D eigenvalue weighted by molar-refractivity contribution is 7.09. The third-order valence-corrected chi connectivity index (χ3v) is 6.85. The molecule has 2 fully saturated rings. The highest BCUT2D eigenvalue weighted by Gasteiger charge is 2.23. The lowest BCUT2D eigenvalue weighted by Crippen LogP contribution is -2.48. The van der Waals surface area contributed by atoms with Gasteiger partial charge in [-0.05, 0) is 36.6 Å². The molecule has 1 aromatic carbocycles. The average Bonchev–Trinajstić information content (AvgIpc) is 3.39. The van der Waals surface area contributed by atoms with E-state index in [0.717, 1.165) is 67.7 Å². The second-order valence-corrected chi connectivity index (χ2v) is 8.92. The highest BCUT2D eigenvalue weighted by Crippen LogP contribution is 2.29. The first-order chi connectivity index (χ1) is 13.7. The van der Waals surface area contributed by atoms with Crippen LogP contribution in [0.4, 0.5) is 4.39 Å². The van der Waals surface area contributed by atoms with Crippen LogP contribution in [0.1, 0.15) is 43.5 Å². The molecule has 1 saturated heterocycles. The molecule has 4 rings (SSSR count). The molecule has 0 atom stereocenters. The van der Waals surface area contributed by atoms with Gasteiger partial charge in [0.05, 0.1) is 12.2 Å². The molecule has 4 nitrogen and oxygen atoms in total. The van der Waals surface area contributed by atoms with Crippen molar-refractivity contribution in [2.45, 2.75) is 45.1 Å². The molecule has 2 heterocycles. The van der Waals surface area contributed by atoms with E-state index in [4.69, 9.17) is 4.98 Å². The summed E-state index contributed by atoms with van der Waals surface area (Å²) in [5, 5.41) is 3.10. The van der Waals surface area contributed by atoms with E-state index in [2.05, 4.69) is 4.90 Å². The molecule has 0 spiro atoms. The number of rotatable bonds is 6. The second-order valence-electron chi connectivity index (χ2n) is 7.98. The van der Waals surface area contributed by atoms with E-state index in [1.165, 1.54) is 37.8 Å². The standard InChI is InChI=1S/C22H28FN3OS/c23-19-8-6-18(7-9-19)20-16-28-21(24-20)15-25-11-13-26(14-12-25)22(27)10-5-17-3-1-2-4-17/h6-9,16-17H,1-5,10-15H2. The third-order valence-electron chi connectivity index (χ3n) is 6.02. The number of benzene rings is 1. The fraction of sp³-hybridized carbons (Fsp3) is 0.545. The van der Waals surface area contributed by atoms with Crippen LogP contribution in [0, 0.1) is 11.7 Å². The number of aromatic nitrogens is 1. The maximum Gasteiger partial charge on any atom is 0.222 e. The van der Waals surface area contributed by atoms with E-state index in [0.29, 0.717) is 5.91 Å². The lowest BCUT2D eigenvalue weighted by Gasteiger charge is -2.34. The summed E-state index contributed by atoms with van der Waals surface area (Å²) in [6.07, 6.45) is 7.11. The fourth-order valence-electron chi connectivity index (χ4n) is 4.27. The van der Waals surface area contributed by atoms with Crippen LogP contribution >= 0.6 is 11.3 Å². The zero-order valence-corrected chi connectivity index (χ0v) is 17.1. The Balaban J connectivity index is 1.23. The molecule has 28 heavy (non-hydrogen) atoms. The van der Waals surface area contributed by atoms with Gasteiger partial charge in [0.25, 0.3) is 0 Å². The number of hydrogen-bond donors (Lipinski definition) is 0. The van der Waals surface area contributed by atoms with Gasteiger partial charge in [-0.15, -0.1) is 11.3 Å². The van der Waals surface area contributed by atoms with E-state index in [-0.39, 0.29) is 5.82 Å². The van der Waals surface area contributed by atoms with Gasteiger partial charge < -0.3 is 4.90 Å². The number of thiazole rings is 1. The van der Waals surface area contributed by atoms with Gasteiger partial charge in [-0.2, -0.15) is 0 Å². The largest absolute Gasteiger partial charge is 0.340 e. The molecule has 0 bridgehead atoms. The molecule has 2 aromatic rings. The Bertz CT molecular complexity index is 777. The number of hydrogen-bond acceptors (Lipinski definition) is 4. The van der Waals surface area contributed by atoms with Gasteiger partial charge in [-0.3, -0.25) is 9.69 Å². The molecular formula is C22H28FN3OS. The summed E-state index contributed by atoms with van der Waals surface area (Å²) >= 11 is 1.64. The topological polar surface area (TPSA) is 36.4 Å². The number of piperazine rings is 1. The first-order valence-corrected chi connectivity index (χ1v) is 11.3. The van der Waals surface area contributed by atoms with Crippen molar-refractivity contribution in [2.24, 2.45) is 5.92 Å². The van der Waals surface area contributed by atoms with Crippen molar-refractivity contribution in [3.8, 4) is 11.3 Å². The molecule has 1 aromatic heterocycles. The number of amides is 1. The lowest BCUT2D eigenvalue weighted by atomic mass is 10.0. The predicted molar refractivity (Wildman–Crippen MR) is 111 cm³/mol. The third kappa shape index (κ3) is 4.97. The molecule has 1 amide bonds. The fourth-order valence-corrected chi connectivity index (χ4v) is 5.11. The van der Waals surface area contributed by atoms with Crippen LogP contribution in [0.25, 0.3) is 11.3 Å². The van der Waals surface area contributed by atoms with Gasteiger partial charge >= 0.3 is 0 Å². The summed E-state index contributed by atoms with van der Waals surface area (Å²) in [7, 11) is 0. The minimum absolute atomic E-state index is 0.227. The van der Waals surface area contributed by atoms with Crippen molar-refractivity contribution >= 4 is 17.2 Å². The van der Waals surface area contributed by atoms with Gasteiger partial charge in [0.1, 0.15) is 10.8 Å². The van der Waals surface area contributed by atoms with Crippen LogP contribution in [-0.4, -0.2) is 46.9 Å². The van der Waals surface area contributed by atoms with E-state index in [1.54, 1.807) is 23.5 Å². The summed E-state index contributed by atoms with van der Waals surface area (Å²) < 4.78 is 13.1. The van der Waals surface area contributed by atoms with Crippen molar-refractivity contribution < 1.29 is 9.18 Å². The van der Waals surface area contributed by atoms with Crippen molar-refractivity contribution in [1.29, 1.82) is 0 Å². The predicted octanol–water partition coefficient (Wildman–Crippen LogP) is 4.56. The van der Waals surface area contributed by atoms with E-state index >= 15 is 0 Å². The number of carbonyl (C=O) groups excluding carboxylic acids is 1. The van der Waals surface area contributed by atoms with E-state index < -0.39 is 0 Å². The Morgan fingerprint density at radius 1 is 1.11 bits per heavy atom. The Labute approximate surface area is 170 Å². The van der Waals surface area contributed by atoms with Crippen LogP contribution in [0.2, 0.25) is 0 Å². The van der Waals surface area contributed by atoms with Gasteiger partial charge in [-0.25, -0.2) is 9.37 Å². The molecular weight excluding hydrogens is 373 g/mol. The Morgan fingerprint density at radius 2 is 1.82 bits per heavy atom. The van der Waals surface area contributed by atoms with Crippen LogP contribution in [-0.2, 0) is 11.3 Å². The summed E-state index contributed by atoms with van der Waals surface area (Å²) in [6, 6.07) is 6.48. The Hall–Kier alpha value is -1.79. The van der Waals surface area contributed by atoms with Crippen LogP contribution in [0.3, 0.4) is 0 Å². The lowest BCUT2D eigenvalue weighted by molar-refractivity contribution is -0.133. The molecule has 150 valence electrons. The molecule has 1 aliphatic heterocycles. The normalized spacial score (nSPS) is 18.7. The maximum atomic E-state index is 13.1. The van der Waals surface area contributed by atoms with E-state index in [1.807, 2.05) is 10.3 Å². The first kappa shape index (κ1) is 19.5. The number of nitrogens with zero attached hydrogens (tertiary/aromatic N) is 3. The highest BCUT2D eigenvalue weighted by atomic mass is 32.1. The summed E-state index contributed by atoms with van der Waals surface area (Å²) in [4.78, 5) is 21.6. The van der Waals surface area contributed by atoms with Crippen molar-refractivity contribution in [3.05, 3.63) is 40.5 Å². The quantitative estimate of drug-likeness (QED) is 0.712. The van der Waals surface area contributed by atoms with Gasteiger partial charge in [0.2, 0.25) is 5.91 Å². The Morgan fingerprint density at radius 3 is 2.54 bits per heavy atom. The average molecular weight is 402 g/mol. The zero-order chi connectivity index (χ0) is 19.3. The Kier molecular flexibility index (Phi) is 6.37. The molecule has 6 heteroatoms. The van der Waals surface area contributed by atoms with Crippen LogP contribution in [0.15, 0.2) is 29.6 Å². The van der Waals surface area contributed by atoms with Gasteiger partial charge in [0.15, 0.2) is 0 Å². The zero-order valence-electron chi connectivity index (χ0n) is 16.3. The summed E-state index contributed by atoms with van der Waals surface area (Å²) in [6.45, 7) is 4.26. The van der Waals surface area contributed by atoms with Crippen LogP contribution in [0.5, 0.6) is 0 Å². The monoisotopic (exact) mass is 401 g/mol. The van der Waals surface area contributed by atoms with Gasteiger partial charge in [0, 0.05) is 43.5 Å². The summed E-state index contributed by atoms with van der Waals surface area (Å²) in [5.41, 5.74) is 1.85. The van der Waals surface area contributed by atoms with E-state index in [9.17, 15) is 9.18 Å². The van der Waals surface area contributed by atoms with Crippen LogP contribution < -0.4 is 0 Å². The number of halogens is 1. The summed E-state index contributed by atoms with van der Waals surface area (Å²) in [5.74, 6) is 0.889. The van der Waals surface area contributed by atoms with Crippen molar-refractivity contribution in [3.63, 3.8) is 0 Å². The SMILES string of the molecule is O=C(CCC1CCCC1)N1CCN(Cc2nc(-c3ccc(F)cc3)cs2)CC1. The minimum Gasteiger partial charge on any atom is -0.340 e. The molecule has 0 N–H and O–H groups in total. The molecule has 1 aliphatic carbocycles. The minimum atomic E-state index is -0.227. The smallest absolute Gasteiger partial charge is 0.222 e. The number of carbonyl (C=O) groups is 1.